The van der Waals surface area contributed by atoms with Gasteiger partial charge in [0.2, 0.25) is 0 Å². The first-order valence-electron chi connectivity index (χ1n) is 14.8. The second-order valence-corrected chi connectivity index (χ2v) is 16.3. The summed E-state index contributed by atoms with van der Waals surface area (Å²) in [5.74, 6) is 1.15. The zero-order valence-corrected chi connectivity index (χ0v) is 24.3. The number of carbonyl (C=O) groups excluding carboxylic acids is 1. The molecule has 36 heavy (non-hydrogen) atoms. The van der Waals surface area contributed by atoms with E-state index in [4.69, 9.17) is 9.47 Å². The van der Waals surface area contributed by atoms with Crippen LogP contribution in [0.25, 0.3) is 0 Å². The summed E-state index contributed by atoms with van der Waals surface area (Å²) in [7, 11) is 0. The molecule has 1 aliphatic heterocycles. The maximum absolute atomic E-state index is 13.5. The third-order valence-electron chi connectivity index (χ3n) is 12.8. The van der Waals surface area contributed by atoms with Crippen LogP contribution in [0.5, 0.6) is 0 Å². The summed E-state index contributed by atoms with van der Waals surface area (Å²) in [5, 5.41) is 0. The molecule has 6 rings (SSSR count). The standard InChI is InChI=1S/C33H50O3/c1-27(2)18-24-23-9-10-25-29(5)14-16-33(35-20-28(3,4)21-36-33)17-22(29)11-12-32(25,8)31(23,7)15-13-30(24,6)26(34)19-27/h9,11,24-25H,10,12-21H2,1-8H3/t24-,25+,29-,30+,31+,32+/m0/s1. The molecule has 0 aromatic heterocycles. The van der Waals surface area contributed by atoms with E-state index in [9.17, 15) is 4.79 Å². The molecule has 0 radical (unpaired) electrons. The van der Waals surface area contributed by atoms with Crippen LogP contribution >= 0.6 is 0 Å². The summed E-state index contributed by atoms with van der Waals surface area (Å²) >= 11 is 0. The Morgan fingerprint density at radius 3 is 2.14 bits per heavy atom. The minimum Gasteiger partial charge on any atom is -0.349 e. The molecule has 1 spiro atoms. The number of rotatable bonds is 0. The summed E-state index contributed by atoms with van der Waals surface area (Å²) in [4.78, 5) is 13.5. The van der Waals surface area contributed by atoms with Crippen LogP contribution in [0.15, 0.2) is 23.3 Å². The lowest BCUT2D eigenvalue weighted by molar-refractivity contribution is -0.311. The van der Waals surface area contributed by atoms with Crippen molar-refractivity contribution in [3.63, 3.8) is 0 Å². The number of fused-ring (bicyclic) bond motifs is 7. The second-order valence-electron chi connectivity index (χ2n) is 16.3. The molecule has 4 fully saturated rings. The minimum atomic E-state index is -0.408. The summed E-state index contributed by atoms with van der Waals surface area (Å²) < 4.78 is 13.0. The Morgan fingerprint density at radius 1 is 0.778 bits per heavy atom. The molecule has 0 unspecified atom stereocenters. The van der Waals surface area contributed by atoms with E-state index in [2.05, 4.69) is 67.5 Å². The van der Waals surface area contributed by atoms with Gasteiger partial charge in [0.15, 0.2) is 5.79 Å². The molecular formula is C33H50O3. The Kier molecular flexibility index (Phi) is 5.20. The van der Waals surface area contributed by atoms with Gasteiger partial charge >= 0.3 is 0 Å². The van der Waals surface area contributed by atoms with Crippen molar-refractivity contribution in [2.24, 2.45) is 44.3 Å². The largest absolute Gasteiger partial charge is 0.349 e. The Morgan fingerprint density at radius 2 is 1.44 bits per heavy atom. The van der Waals surface area contributed by atoms with E-state index < -0.39 is 5.79 Å². The van der Waals surface area contributed by atoms with Gasteiger partial charge in [0.1, 0.15) is 5.78 Å². The van der Waals surface area contributed by atoms with Gasteiger partial charge in [-0.15, -0.1) is 0 Å². The molecule has 3 nitrogen and oxygen atoms in total. The molecule has 0 amide bonds. The average molecular weight is 495 g/mol. The van der Waals surface area contributed by atoms with Crippen LogP contribution in [-0.2, 0) is 14.3 Å². The maximum Gasteiger partial charge on any atom is 0.172 e. The Labute approximate surface area is 219 Å². The van der Waals surface area contributed by atoms with Gasteiger partial charge in [0.25, 0.3) is 0 Å². The highest BCUT2D eigenvalue weighted by atomic mass is 16.7. The number of hydrogen-bond donors (Lipinski definition) is 0. The van der Waals surface area contributed by atoms with Gasteiger partial charge < -0.3 is 9.47 Å². The summed E-state index contributed by atoms with van der Waals surface area (Å²) in [5.41, 5.74) is 3.87. The lowest BCUT2D eigenvalue weighted by Crippen LogP contribution is -2.62. The highest BCUT2D eigenvalue weighted by molar-refractivity contribution is 5.87. The Balaban J connectivity index is 1.34. The molecule has 6 aliphatic rings. The van der Waals surface area contributed by atoms with E-state index in [1.807, 2.05) is 0 Å². The van der Waals surface area contributed by atoms with Crippen LogP contribution in [0.3, 0.4) is 0 Å². The van der Waals surface area contributed by atoms with Gasteiger partial charge in [-0.2, -0.15) is 0 Å². The topological polar surface area (TPSA) is 35.5 Å². The van der Waals surface area contributed by atoms with Crippen molar-refractivity contribution in [3.8, 4) is 0 Å². The molecule has 1 saturated heterocycles. The molecule has 3 saturated carbocycles. The van der Waals surface area contributed by atoms with E-state index >= 15 is 0 Å². The molecule has 5 aliphatic carbocycles. The number of allylic oxidation sites excluding steroid dienone is 3. The van der Waals surface area contributed by atoms with Crippen LogP contribution in [-0.4, -0.2) is 24.8 Å². The fourth-order valence-electron chi connectivity index (χ4n) is 9.90. The monoisotopic (exact) mass is 494 g/mol. The molecule has 200 valence electrons. The van der Waals surface area contributed by atoms with E-state index in [1.54, 1.807) is 11.1 Å². The predicted octanol–water partition coefficient (Wildman–Crippen LogP) is 8.04. The highest BCUT2D eigenvalue weighted by Crippen LogP contribution is 2.73. The molecule has 1 heterocycles. The predicted molar refractivity (Wildman–Crippen MR) is 144 cm³/mol. The van der Waals surface area contributed by atoms with E-state index in [0.29, 0.717) is 17.6 Å². The lowest BCUT2D eigenvalue weighted by atomic mass is 9.36. The summed E-state index contributed by atoms with van der Waals surface area (Å²) in [6.07, 6.45) is 14.7. The SMILES string of the molecule is CC1(C)COC2(CC[C@@]3(C)C(=CC[C@]4(C)[C@@H]3CC=C3[C@@H]5CC(C)(C)CC(=O)[C@]5(C)CC[C@]34C)C2)OC1. The quantitative estimate of drug-likeness (QED) is 0.320. The smallest absolute Gasteiger partial charge is 0.172 e. The minimum absolute atomic E-state index is 0.106. The maximum atomic E-state index is 13.5. The van der Waals surface area contributed by atoms with Gasteiger partial charge in [0, 0.05) is 30.1 Å². The molecule has 6 atom stereocenters. The molecule has 0 aromatic carbocycles. The number of Topliss-reactive ketones (excluding diaryl/α,β-unsaturated/α-hetero) is 1. The van der Waals surface area contributed by atoms with E-state index in [-0.39, 0.29) is 32.5 Å². The normalized spacial score (nSPS) is 48.6. The number of carbonyl (C=O) groups is 1. The zero-order chi connectivity index (χ0) is 26.0. The van der Waals surface area contributed by atoms with Crippen LogP contribution < -0.4 is 0 Å². The first-order chi connectivity index (χ1) is 16.6. The number of ketones is 1. The highest BCUT2D eigenvalue weighted by Gasteiger charge is 2.66. The van der Waals surface area contributed by atoms with Crippen molar-refractivity contribution in [2.45, 2.75) is 119 Å². The fourth-order valence-corrected chi connectivity index (χ4v) is 9.90. The molecule has 0 aromatic rings. The van der Waals surface area contributed by atoms with Crippen molar-refractivity contribution in [1.29, 1.82) is 0 Å². The van der Waals surface area contributed by atoms with Crippen LogP contribution in [0.2, 0.25) is 0 Å². The van der Waals surface area contributed by atoms with Gasteiger partial charge in [-0.3, -0.25) is 4.79 Å². The fraction of sp³-hybridized carbons (Fsp3) is 0.848. The second kappa shape index (κ2) is 7.38. The van der Waals surface area contributed by atoms with Crippen LogP contribution in [0.4, 0.5) is 0 Å². The average Bonchev–Trinajstić information content (AvgIpc) is 2.79. The van der Waals surface area contributed by atoms with Crippen molar-refractivity contribution in [2.75, 3.05) is 13.2 Å². The third-order valence-corrected chi connectivity index (χ3v) is 12.8. The van der Waals surface area contributed by atoms with Crippen molar-refractivity contribution in [3.05, 3.63) is 23.3 Å². The number of ether oxygens (including phenoxy) is 2. The van der Waals surface area contributed by atoms with Crippen molar-refractivity contribution >= 4 is 5.78 Å². The van der Waals surface area contributed by atoms with Crippen LogP contribution in [0, 0.1) is 44.3 Å². The molecule has 3 heteroatoms. The first-order valence-corrected chi connectivity index (χ1v) is 14.8. The van der Waals surface area contributed by atoms with Gasteiger partial charge in [-0.05, 0) is 72.0 Å². The van der Waals surface area contributed by atoms with E-state index in [1.165, 1.54) is 0 Å². The summed E-state index contributed by atoms with van der Waals surface area (Å²) in [6.45, 7) is 20.7. The molecule has 0 bridgehead atoms. The molecule has 0 N–H and O–H groups in total. The van der Waals surface area contributed by atoms with E-state index in [0.717, 1.165) is 71.0 Å². The van der Waals surface area contributed by atoms with Crippen molar-refractivity contribution < 1.29 is 14.3 Å². The summed E-state index contributed by atoms with van der Waals surface area (Å²) in [6, 6.07) is 0. The molecular weight excluding hydrogens is 444 g/mol. The van der Waals surface area contributed by atoms with Gasteiger partial charge in [-0.25, -0.2) is 0 Å². The van der Waals surface area contributed by atoms with Gasteiger partial charge in [-0.1, -0.05) is 78.7 Å². The first kappa shape index (κ1) is 25.4. The Hall–Kier alpha value is -0.930. The van der Waals surface area contributed by atoms with Crippen LogP contribution in [0.1, 0.15) is 113 Å². The zero-order valence-electron chi connectivity index (χ0n) is 24.3. The van der Waals surface area contributed by atoms with Crippen molar-refractivity contribution in [1.82, 2.24) is 0 Å². The van der Waals surface area contributed by atoms with Gasteiger partial charge in [0.05, 0.1) is 13.2 Å². The lowest BCUT2D eigenvalue weighted by Gasteiger charge is -2.68. The number of hydrogen-bond acceptors (Lipinski definition) is 3. The Bertz CT molecular complexity index is 1040. The third kappa shape index (κ3) is 3.26.